The molecule has 1 aromatic carbocycles. The number of halogens is 1. The molecule has 118 valence electrons. The summed E-state index contributed by atoms with van der Waals surface area (Å²) in [7, 11) is 0. The molecule has 2 rings (SSSR count). The quantitative estimate of drug-likeness (QED) is 0.713. The number of benzene rings is 1. The van der Waals surface area contributed by atoms with Gasteiger partial charge in [-0.1, -0.05) is 37.6 Å². The average molecular weight is 337 g/mol. The maximum absolute atomic E-state index is 11.5. The van der Waals surface area contributed by atoms with E-state index in [0.717, 1.165) is 17.7 Å². The number of hydrogen-bond donors (Lipinski definition) is 1. The van der Waals surface area contributed by atoms with E-state index in [4.69, 9.17) is 11.6 Å². The van der Waals surface area contributed by atoms with Crippen LogP contribution in [0.4, 0.5) is 5.13 Å². The van der Waals surface area contributed by atoms with Gasteiger partial charge in [-0.05, 0) is 24.0 Å². The van der Waals surface area contributed by atoms with Gasteiger partial charge < -0.3 is 5.32 Å². The van der Waals surface area contributed by atoms with Crippen LogP contribution in [0.1, 0.15) is 42.2 Å². The van der Waals surface area contributed by atoms with Gasteiger partial charge in [-0.2, -0.15) is 0 Å². The normalized spacial score (nSPS) is 10.6. The lowest BCUT2D eigenvalue weighted by Crippen LogP contribution is -2.11. The van der Waals surface area contributed by atoms with Gasteiger partial charge in [0, 0.05) is 29.8 Å². The van der Waals surface area contributed by atoms with Crippen LogP contribution in [0, 0.1) is 0 Å². The van der Waals surface area contributed by atoms with Gasteiger partial charge >= 0.3 is 0 Å². The first-order valence-corrected chi connectivity index (χ1v) is 8.94. The van der Waals surface area contributed by atoms with Crippen molar-refractivity contribution in [3.63, 3.8) is 0 Å². The summed E-state index contributed by atoms with van der Waals surface area (Å²) in [5.41, 5.74) is 2.66. The number of alkyl halides is 1. The van der Waals surface area contributed by atoms with E-state index in [-0.39, 0.29) is 5.91 Å². The molecule has 22 heavy (non-hydrogen) atoms. The maximum Gasteiger partial charge on any atom is 0.227 e. The lowest BCUT2D eigenvalue weighted by Gasteiger charge is -2.02. The Morgan fingerprint density at radius 3 is 2.68 bits per heavy atom. The largest absolute Gasteiger partial charge is 0.302 e. The summed E-state index contributed by atoms with van der Waals surface area (Å²) in [5.74, 6) is 0.241. The highest BCUT2D eigenvalue weighted by molar-refractivity contribution is 7.15. The molecule has 0 fully saturated rings. The Morgan fingerprint density at radius 2 is 2.00 bits per heavy atom. The second kappa shape index (κ2) is 8.91. The number of hydrogen-bond acceptors (Lipinski definition) is 3. The summed E-state index contributed by atoms with van der Waals surface area (Å²) in [4.78, 5) is 16.9. The maximum atomic E-state index is 11.5. The standard InChI is InChI=1S/C17H21ClN2OS/c1-2-3-4-13-5-7-14(8-6-13)11-15-12-19-17(22-15)20-16(21)9-10-18/h5-8,12H,2-4,9-11H2,1H3,(H,19,20,21). The smallest absolute Gasteiger partial charge is 0.227 e. The van der Waals surface area contributed by atoms with E-state index in [9.17, 15) is 4.79 Å². The van der Waals surface area contributed by atoms with Crippen molar-refractivity contribution >= 4 is 34.0 Å². The molecule has 1 aromatic heterocycles. The number of anilines is 1. The van der Waals surface area contributed by atoms with Crippen molar-refractivity contribution in [1.29, 1.82) is 0 Å². The first kappa shape index (κ1) is 17.0. The summed E-state index contributed by atoms with van der Waals surface area (Å²) in [5, 5.41) is 3.41. The molecule has 0 aliphatic rings. The highest BCUT2D eigenvalue weighted by atomic mass is 35.5. The highest BCUT2D eigenvalue weighted by Gasteiger charge is 2.07. The fraction of sp³-hybridized carbons (Fsp3) is 0.412. The SMILES string of the molecule is CCCCc1ccc(Cc2cnc(NC(=O)CCCl)s2)cc1. The molecular weight excluding hydrogens is 316 g/mol. The van der Waals surface area contributed by atoms with Gasteiger partial charge in [0.1, 0.15) is 0 Å². The lowest BCUT2D eigenvalue weighted by molar-refractivity contribution is -0.115. The van der Waals surface area contributed by atoms with Gasteiger partial charge in [-0.15, -0.1) is 22.9 Å². The number of unbranched alkanes of at least 4 members (excludes halogenated alkanes) is 1. The van der Waals surface area contributed by atoms with E-state index < -0.39 is 0 Å². The van der Waals surface area contributed by atoms with Crippen LogP contribution in [0.3, 0.4) is 0 Å². The van der Waals surface area contributed by atoms with Gasteiger partial charge in [0.25, 0.3) is 0 Å². The number of aryl methyl sites for hydroxylation is 1. The Bertz CT molecular complexity index is 595. The second-order valence-electron chi connectivity index (χ2n) is 5.22. The zero-order valence-corrected chi connectivity index (χ0v) is 14.3. The number of amides is 1. The Labute approximate surface area is 140 Å². The van der Waals surface area contributed by atoms with E-state index in [0.29, 0.717) is 17.4 Å². The van der Waals surface area contributed by atoms with E-state index in [1.807, 2.05) is 6.20 Å². The van der Waals surface area contributed by atoms with E-state index in [1.165, 1.54) is 35.3 Å². The van der Waals surface area contributed by atoms with Gasteiger partial charge in [-0.3, -0.25) is 4.79 Å². The molecular formula is C17H21ClN2OS. The third-order valence-electron chi connectivity index (χ3n) is 3.34. The van der Waals surface area contributed by atoms with Gasteiger partial charge in [0.15, 0.2) is 5.13 Å². The first-order chi connectivity index (χ1) is 10.7. The van der Waals surface area contributed by atoms with Crippen molar-refractivity contribution in [2.75, 3.05) is 11.2 Å². The fourth-order valence-electron chi connectivity index (χ4n) is 2.12. The molecule has 0 radical (unpaired) electrons. The molecule has 2 aromatic rings. The van der Waals surface area contributed by atoms with Crippen LogP contribution in [0.15, 0.2) is 30.5 Å². The van der Waals surface area contributed by atoms with Gasteiger partial charge in [-0.25, -0.2) is 4.98 Å². The molecule has 0 saturated carbocycles. The van der Waals surface area contributed by atoms with Crippen LogP contribution < -0.4 is 5.32 Å². The molecule has 0 aliphatic heterocycles. The summed E-state index contributed by atoms with van der Waals surface area (Å²) in [6.07, 6.45) is 6.59. The van der Waals surface area contributed by atoms with Crippen molar-refractivity contribution in [3.8, 4) is 0 Å². The molecule has 1 heterocycles. The molecule has 0 unspecified atom stereocenters. The number of carbonyl (C=O) groups is 1. The minimum absolute atomic E-state index is 0.0869. The third kappa shape index (κ3) is 5.43. The van der Waals surface area contributed by atoms with Crippen LogP contribution in [0.25, 0.3) is 0 Å². The highest BCUT2D eigenvalue weighted by Crippen LogP contribution is 2.21. The zero-order chi connectivity index (χ0) is 15.8. The van der Waals surface area contributed by atoms with Crippen molar-refractivity contribution in [3.05, 3.63) is 46.5 Å². The van der Waals surface area contributed by atoms with Crippen molar-refractivity contribution < 1.29 is 4.79 Å². The van der Waals surface area contributed by atoms with Crippen molar-refractivity contribution in [1.82, 2.24) is 4.98 Å². The Morgan fingerprint density at radius 1 is 1.27 bits per heavy atom. The Hall–Kier alpha value is -1.39. The number of nitrogens with one attached hydrogen (secondary N) is 1. The van der Waals surface area contributed by atoms with Gasteiger partial charge in [0.2, 0.25) is 5.91 Å². The number of nitrogens with zero attached hydrogens (tertiary/aromatic N) is 1. The molecule has 5 heteroatoms. The number of aromatic nitrogens is 1. The summed E-state index contributed by atoms with van der Waals surface area (Å²) in [6.45, 7) is 2.21. The third-order valence-corrected chi connectivity index (χ3v) is 4.44. The second-order valence-corrected chi connectivity index (χ2v) is 6.71. The van der Waals surface area contributed by atoms with E-state index in [1.54, 1.807) is 0 Å². The summed E-state index contributed by atoms with van der Waals surface area (Å²) >= 11 is 7.06. The summed E-state index contributed by atoms with van der Waals surface area (Å²) in [6, 6.07) is 8.76. The number of rotatable bonds is 8. The number of thiazole rings is 1. The fourth-order valence-corrected chi connectivity index (χ4v) is 3.15. The van der Waals surface area contributed by atoms with Crippen molar-refractivity contribution in [2.24, 2.45) is 0 Å². The van der Waals surface area contributed by atoms with Crippen LogP contribution in [0.5, 0.6) is 0 Å². The van der Waals surface area contributed by atoms with Crippen molar-refractivity contribution in [2.45, 2.75) is 39.0 Å². The Balaban J connectivity index is 1.90. The molecule has 0 bridgehead atoms. The Kier molecular flexibility index (Phi) is 6.87. The van der Waals surface area contributed by atoms with Crippen LogP contribution in [-0.2, 0) is 17.6 Å². The van der Waals surface area contributed by atoms with E-state index in [2.05, 4.69) is 41.5 Å². The molecule has 3 nitrogen and oxygen atoms in total. The zero-order valence-electron chi connectivity index (χ0n) is 12.8. The van der Waals surface area contributed by atoms with Crippen LogP contribution >= 0.6 is 22.9 Å². The monoisotopic (exact) mass is 336 g/mol. The molecule has 0 aliphatic carbocycles. The molecule has 0 atom stereocenters. The lowest BCUT2D eigenvalue weighted by atomic mass is 10.0. The van der Waals surface area contributed by atoms with E-state index >= 15 is 0 Å². The molecule has 1 N–H and O–H groups in total. The minimum atomic E-state index is -0.0869. The first-order valence-electron chi connectivity index (χ1n) is 7.59. The topological polar surface area (TPSA) is 42.0 Å². The molecule has 1 amide bonds. The van der Waals surface area contributed by atoms with Crippen LogP contribution in [-0.4, -0.2) is 16.8 Å². The van der Waals surface area contributed by atoms with Crippen LogP contribution in [0.2, 0.25) is 0 Å². The van der Waals surface area contributed by atoms with Gasteiger partial charge in [0.05, 0.1) is 0 Å². The molecule has 0 saturated heterocycles. The predicted molar refractivity (Wildman–Crippen MR) is 93.9 cm³/mol. The summed E-state index contributed by atoms with van der Waals surface area (Å²) < 4.78 is 0. The number of carbonyl (C=O) groups excluding carboxylic acids is 1. The predicted octanol–water partition coefficient (Wildman–Crippen LogP) is 4.64. The minimum Gasteiger partial charge on any atom is -0.302 e. The molecule has 0 spiro atoms. The average Bonchev–Trinajstić information content (AvgIpc) is 2.94.